The number of likely N-dealkylation sites (tertiary alicyclic amines) is 1. The van der Waals surface area contributed by atoms with Gasteiger partial charge in [-0.25, -0.2) is 4.79 Å². The van der Waals surface area contributed by atoms with Gasteiger partial charge in [-0.1, -0.05) is 6.07 Å². The Morgan fingerprint density at radius 2 is 2.15 bits per heavy atom. The summed E-state index contributed by atoms with van der Waals surface area (Å²) in [5.41, 5.74) is 6.41. The standard InChI is InChI=1S/C14H20N4O2/c1-14(12(19)16-2)6-7-18(9-14)13(20)17-11-5-3-4-10(15)8-11/h3-5,8H,6-7,9,15H2,1-2H3,(H,16,19)(H,17,20). The molecule has 1 aromatic carbocycles. The van der Waals surface area contributed by atoms with Gasteiger partial charge in [0.15, 0.2) is 0 Å². The molecule has 108 valence electrons. The number of nitrogens with two attached hydrogens (primary N) is 1. The molecule has 0 aromatic heterocycles. The summed E-state index contributed by atoms with van der Waals surface area (Å²) in [4.78, 5) is 25.6. The van der Waals surface area contributed by atoms with Gasteiger partial charge >= 0.3 is 6.03 Å². The second-order valence-electron chi connectivity index (χ2n) is 5.37. The number of nitrogens with one attached hydrogen (secondary N) is 2. The summed E-state index contributed by atoms with van der Waals surface area (Å²) in [6.07, 6.45) is 0.664. The number of rotatable bonds is 2. The third-order valence-electron chi connectivity index (χ3n) is 3.67. The number of benzene rings is 1. The van der Waals surface area contributed by atoms with Gasteiger partial charge in [-0.3, -0.25) is 4.79 Å². The Labute approximate surface area is 118 Å². The van der Waals surface area contributed by atoms with Crippen LogP contribution in [0.25, 0.3) is 0 Å². The molecule has 1 fully saturated rings. The van der Waals surface area contributed by atoms with Crippen molar-refractivity contribution in [2.45, 2.75) is 13.3 Å². The molecule has 2 rings (SSSR count). The first kappa shape index (κ1) is 14.2. The largest absolute Gasteiger partial charge is 0.399 e. The summed E-state index contributed by atoms with van der Waals surface area (Å²) >= 11 is 0. The Balaban J connectivity index is 2.00. The number of nitrogen functional groups attached to an aromatic ring is 1. The summed E-state index contributed by atoms with van der Waals surface area (Å²) in [7, 11) is 1.61. The van der Waals surface area contributed by atoms with Crippen LogP contribution in [0.15, 0.2) is 24.3 Å². The zero-order valence-electron chi connectivity index (χ0n) is 11.8. The maximum Gasteiger partial charge on any atom is 0.321 e. The fraction of sp³-hybridized carbons (Fsp3) is 0.429. The van der Waals surface area contributed by atoms with Crippen LogP contribution in [0.4, 0.5) is 16.2 Å². The molecule has 1 aliphatic heterocycles. The minimum absolute atomic E-state index is 0.0308. The maximum atomic E-state index is 12.2. The molecule has 0 saturated carbocycles. The molecule has 6 heteroatoms. The van der Waals surface area contributed by atoms with Gasteiger partial charge in [0.1, 0.15) is 0 Å². The fourth-order valence-corrected chi connectivity index (χ4v) is 2.44. The van der Waals surface area contributed by atoms with Gasteiger partial charge in [-0.05, 0) is 31.5 Å². The maximum absolute atomic E-state index is 12.2. The van der Waals surface area contributed by atoms with E-state index < -0.39 is 5.41 Å². The number of carbonyl (C=O) groups excluding carboxylic acids is 2. The predicted molar refractivity (Wildman–Crippen MR) is 78.2 cm³/mol. The van der Waals surface area contributed by atoms with Crippen molar-refractivity contribution in [1.29, 1.82) is 0 Å². The number of carbonyl (C=O) groups is 2. The Bertz CT molecular complexity index is 532. The smallest absolute Gasteiger partial charge is 0.321 e. The van der Waals surface area contributed by atoms with E-state index in [0.717, 1.165) is 0 Å². The van der Waals surface area contributed by atoms with Crippen molar-refractivity contribution in [1.82, 2.24) is 10.2 Å². The fourth-order valence-electron chi connectivity index (χ4n) is 2.44. The van der Waals surface area contributed by atoms with Crippen LogP contribution in [0.2, 0.25) is 0 Å². The first-order chi connectivity index (χ1) is 9.44. The molecule has 1 aliphatic rings. The summed E-state index contributed by atoms with van der Waals surface area (Å²) in [5, 5.41) is 5.44. The second-order valence-corrected chi connectivity index (χ2v) is 5.37. The lowest BCUT2D eigenvalue weighted by molar-refractivity contribution is -0.128. The second kappa shape index (κ2) is 5.40. The van der Waals surface area contributed by atoms with Gasteiger partial charge < -0.3 is 21.3 Å². The average molecular weight is 276 g/mol. The van der Waals surface area contributed by atoms with Crippen molar-refractivity contribution in [2.24, 2.45) is 5.41 Å². The van der Waals surface area contributed by atoms with Gasteiger partial charge in [-0.2, -0.15) is 0 Å². The van der Waals surface area contributed by atoms with E-state index in [-0.39, 0.29) is 11.9 Å². The molecule has 0 spiro atoms. The van der Waals surface area contributed by atoms with Gasteiger partial charge in [-0.15, -0.1) is 0 Å². The average Bonchev–Trinajstić information content (AvgIpc) is 2.82. The first-order valence-corrected chi connectivity index (χ1v) is 6.58. The van der Waals surface area contributed by atoms with E-state index in [1.807, 2.05) is 6.92 Å². The molecular weight excluding hydrogens is 256 g/mol. The van der Waals surface area contributed by atoms with Crippen LogP contribution in [0.1, 0.15) is 13.3 Å². The highest BCUT2D eigenvalue weighted by Gasteiger charge is 2.41. The topological polar surface area (TPSA) is 87.5 Å². The molecule has 1 saturated heterocycles. The zero-order valence-corrected chi connectivity index (χ0v) is 11.8. The Morgan fingerprint density at radius 1 is 1.40 bits per heavy atom. The van der Waals surface area contributed by atoms with Gasteiger partial charge in [0, 0.05) is 31.5 Å². The van der Waals surface area contributed by atoms with E-state index in [9.17, 15) is 9.59 Å². The van der Waals surface area contributed by atoms with E-state index in [0.29, 0.717) is 30.9 Å². The summed E-state index contributed by atoms with van der Waals surface area (Å²) in [5.74, 6) is -0.0308. The van der Waals surface area contributed by atoms with Gasteiger partial charge in [0.05, 0.1) is 5.41 Å². The molecule has 3 amide bonds. The first-order valence-electron chi connectivity index (χ1n) is 6.58. The molecule has 1 unspecified atom stereocenters. The Morgan fingerprint density at radius 3 is 2.80 bits per heavy atom. The molecule has 0 aliphatic carbocycles. The minimum atomic E-state index is -0.512. The zero-order chi connectivity index (χ0) is 14.8. The van der Waals surface area contributed by atoms with Crippen LogP contribution in [0.5, 0.6) is 0 Å². The summed E-state index contributed by atoms with van der Waals surface area (Å²) in [6, 6.07) is 6.81. The van der Waals surface area contributed by atoms with Crippen LogP contribution < -0.4 is 16.4 Å². The monoisotopic (exact) mass is 276 g/mol. The van der Waals surface area contributed by atoms with Crippen molar-refractivity contribution >= 4 is 23.3 Å². The predicted octanol–water partition coefficient (Wildman–Crippen LogP) is 1.26. The summed E-state index contributed by atoms with van der Waals surface area (Å²) in [6.45, 7) is 2.86. The molecule has 0 bridgehead atoms. The van der Waals surface area contributed by atoms with Crippen molar-refractivity contribution < 1.29 is 9.59 Å². The molecular formula is C14H20N4O2. The highest BCUT2D eigenvalue weighted by Crippen LogP contribution is 2.30. The van der Waals surface area contributed by atoms with E-state index >= 15 is 0 Å². The lowest BCUT2D eigenvalue weighted by Gasteiger charge is -2.23. The molecule has 4 N–H and O–H groups in total. The van der Waals surface area contributed by atoms with Crippen LogP contribution in [0.3, 0.4) is 0 Å². The number of urea groups is 1. The Hall–Kier alpha value is -2.24. The van der Waals surface area contributed by atoms with Crippen LogP contribution in [-0.2, 0) is 4.79 Å². The SMILES string of the molecule is CNC(=O)C1(C)CCN(C(=O)Nc2cccc(N)c2)C1. The third kappa shape index (κ3) is 2.84. The van der Waals surface area contributed by atoms with Gasteiger partial charge in [0.2, 0.25) is 5.91 Å². The quantitative estimate of drug-likeness (QED) is 0.711. The number of anilines is 2. The van der Waals surface area contributed by atoms with Crippen LogP contribution in [-0.4, -0.2) is 37.0 Å². The van der Waals surface area contributed by atoms with Crippen molar-refractivity contribution in [3.8, 4) is 0 Å². The summed E-state index contributed by atoms with van der Waals surface area (Å²) < 4.78 is 0. The molecule has 1 atom stereocenters. The van der Waals surface area contributed by atoms with Crippen molar-refractivity contribution in [3.63, 3.8) is 0 Å². The number of amides is 3. The van der Waals surface area contributed by atoms with Crippen molar-refractivity contribution in [2.75, 3.05) is 31.2 Å². The van der Waals surface area contributed by atoms with E-state index in [1.165, 1.54) is 0 Å². The number of nitrogens with zero attached hydrogens (tertiary/aromatic N) is 1. The lowest BCUT2D eigenvalue weighted by atomic mass is 9.89. The molecule has 6 nitrogen and oxygen atoms in total. The third-order valence-corrected chi connectivity index (χ3v) is 3.67. The van der Waals surface area contributed by atoms with Crippen LogP contribution >= 0.6 is 0 Å². The molecule has 1 heterocycles. The molecule has 0 radical (unpaired) electrons. The molecule has 20 heavy (non-hydrogen) atoms. The normalized spacial score (nSPS) is 21.6. The highest BCUT2D eigenvalue weighted by molar-refractivity contribution is 5.91. The Kier molecular flexibility index (Phi) is 3.83. The number of hydrogen-bond acceptors (Lipinski definition) is 3. The van der Waals surface area contributed by atoms with E-state index in [2.05, 4.69) is 10.6 Å². The lowest BCUT2D eigenvalue weighted by Crippen LogP contribution is -2.41. The van der Waals surface area contributed by atoms with E-state index in [1.54, 1.807) is 36.2 Å². The van der Waals surface area contributed by atoms with Crippen LogP contribution in [0, 0.1) is 5.41 Å². The minimum Gasteiger partial charge on any atom is -0.399 e. The van der Waals surface area contributed by atoms with E-state index in [4.69, 9.17) is 5.73 Å². The van der Waals surface area contributed by atoms with Gasteiger partial charge in [0.25, 0.3) is 0 Å². The van der Waals surface area contributed by atoms with Crippen molar-refractivity contribution in [3.05, 3.63) is 24.3 Å². The number of hydrogen-bond donors (Lipinski definition) is 3. The highest BCUT2D eigenvalue weighted by atomic mass is 16.2. The molecule has 1 aromatic rings.